The Morgan fingerprint density at radius 1 is 1.27 bits per heavy atom. The normalized spacial score (nSPS) is 20.5. The molecular weight excluding hydrogens is 338 g/mol. The molecule has 1 aliphatic heterocycles. The van der Waals surface area contributed by atoms with Crippen molar-refractivity contribution in [2.24, 2.45) is 0 Å². The van der Waals surface area contributed by atoms with Crippen LogP contribution in [0.1, 0.15) is 32.8 Å². The van der Waals surface area contributed by atoms with Gasteiger partial charge < -0.3 is 15.4 Å². The fourth-order valence-electron chi connectivity index (χ4n) is 2.62. The number of nitrogens with one attached hydrogen (secondary N) is 2. The summed E-state index contributed by atoms with van der Waals surface area (Å²) >= 11 is 0. The summed E-state index contributed by atoms with van der Waals surface area (Å²) in [6.45, 7) is 4.83. The lowest BCUT2D eigenvalue weighted by Crippen LogP contribution is -2.42. The molecule has 0 spiro atoms. The van der Waals surface area contributed by atoms with Crippen LogP contribution in [0.5, 0.6) is 0 Å². The molecule has 1 saturated heterocycles. The van der Waals surface area contributed by atoms with Gasteiger partial charge in [0.2, 0.25) is 0 Å². The van der Waals surface area contributed by atoms with E-state index in [1.807, 2.05) is 6.92 Å². The number of rotatable bonds is 7. The molecule has 1 aromatic carbocycles. The molecule has 1 heterocycles. The zero-order valence-electron chi connectivity index (χ0n) is 15.1. The van der Waals surface area contributed by atoms with Crippen molar-refractivity contribution in [3.05, 3.63) is 35.9 Å². The van der Waals surface area contributed by atoms with Crippen molar-refractivity contribution < 1.29 is 23.9 Å². The average Bonchev–Trinajstić information content (AvgIpc) is 2.84. The molecule has 2 N–H and O–H groups in total. The maximum absolute atomic E-state index is 12.7. The van der Waals surface area contributed by atoms with Crippen molar-refractivity contribution in [3.63, 3.8) is 0 Å². The molecule has 8 heteroatoms. The monoisotopic (exact) mass is 361 g/mol. The van der Waals surface area contributed by atoms with Gasteiger partial charge in [0, 0.05) is 6.54 Å². The van der Waals surface area contributed by atoms with Crippen LogP contribution in [0.3, 0.4) is 0 Å². The number of hydrogen-bond acceptors (Lipinski definition) is 5. The van der Waals surface area contributed by atoms with Crippen LogP contribution < -0.4 is 10.6 Å². The maximum atomic E-state index is 12.7. The summed E-state index contributed by atoms with van der Waals surface area (Å²) < 4.78 is 5.02. The first kappa shape index (κ1) is 19.4. The highest BCUT2D eigenvalue weighted by Gasteiger charge is 2.49. The Morgan fingerprint density at radius 2 is 1.92 bits per heavy atom. The van der Waals surface area contributed by atoms with Crippen LogP contribution >= 0.6 is 0 Å². The topological polar surface area (TPSA) is 105 Å². The van der Waals surface area contributed by atoms with Gasteiger partial charge in [-0.05, 0) is 25.8 Å². The summed E-state index contributed by atoms with van der Waals surface area (Å²) in [5.74, 6) is -1.80. The molecule has 0 unspecified atom stereocenters. The Bertz CT molecular complexity index is 706. The van der Waals surface area contributed by atoms with Crippen molar-refractivity contribution in [3.8, 4) is 0 Å². The molecule has 0 saturated carbocycles. The first-order valence-corrected chi connectivity index (χ1v) is 8.46. The van der Waals surface area contributed by atoms with Gasteiger partial charge in [-0.25, -0.2) is 4.79 Å². The van der Waals surface area contributed by atoms with Crippen LogP contribution in [0.2, 0.25) is 0 Å². The predicted octanol–water partition coefficient (Wildman–Crippen LogP) is 0.911. The van der Waals surface area contributed by atoms with E-state index in [0.717, 1.165) is 11.3 Å². The molecule has 1 aromatic rings. The number of carbonyl (C=O) groups is 4. The summed E-state index contributed by atoms with van der Waals surface area (Å²) in [4.78, 5) is 49.5. The Kier molecular flexibility index (Phi) is 5.97. The minimum absolute atomic E-state index is 0.425. The highest BCUT2D eigenvalue weighted by molar-refractivity contribution is 6.08. The number of imide groups is 1. The van der Waals surface area contributed by atoms with Gasteiger partial charge in [-0.3, -0.25) is 19.3 Å². The van der Waals surface area contributed by atoms with Gasteiger partial charge in [-0.15, -0.1) is 0 Å². The SMILES string of the molecule is CCCNC(=O)[C@@H](C)OC(=O)CN1C(=O)N[C@@](C)(c2ccccc2)C1=O. The molecule has 1 fully saturated rings. The van der Waals surface area contributed by atoms with Gasteiger partial charge in [0.05, 0.1) is 0 Å². The van der Waals surface area contributed by atoms with E-state index < -0.39 is 42.0 Å². The summed E-state index contributed by atoms with van der Waals surface area (Å²) in [6.07, 6.45) is -0.247. The number of urea groups is 1. The summed E-state index contributed by atoms with van der Waals surface area (Å²) in [7, 11) is 0. The number of amides is 4. The highest BCUT2D eigenvalue weighted by Crippen LogP contribution is 2.28. The number of esters is 1. The number of ether oxygens (including phenoxy) is 1. The largest absolute Gasteiger partial charge is 0.451 e. The molecule has 26 heavy (non-hydrogen) atoms. The fourth-order valence-corrected chi connectivity index (χ4v) is 2.62. The second-order valence-corrected chi connectivity index (χ2v) is 6.24. The molecule has 2 rings (SSSR count). The van der Waals surface area contributed by atoms with Gasteiger partial charge in [-0.2, -0.15) is 0 Å². The second kappa shape index (κ2) is 7.99. The maximum Gasteiger partial charge on any atom is 0.327 e. The third kappa shape index (κ3) is 4.01. The van der Waals surface area contributed by atoms with Crippen molar-refractivity contribution in [1.29, 1.82) is 0 Å². The van der Waals surface area contributed by atoms with Gasteiger partial charge in [0.25, 0.3) is 11.8 Å². The number of nitrogens with zero attached hydrogens (tertiary/aromatic N) is 1. The lowest BCUT2D eigenvalue weighted by atomic mass is 9.92. The van der Waals surface area contributed by atoms with E-state index >= 15 is 0 Å². The quantitative estimate of drug-likeness (QED) is 0.555. The molecule has 0 bridgehead atoms. The molecule has 0 aliphatic carbocycles. The molecule has 8 nitrogen and oxygen atoms in total. The highest BCUT2D eigenvalue weighted by atomic mass is 16.5. The summed E-state index contributed by atoms with van der Waals surface area (Å²) in [5.41, 5.74) is -0.635. The molecule has 2 atom stereocenters. The summed E-state index contributed by atoms with van der Waals surface area (Å²) in [5, 5.41) is 5.21. The van der Waals surface area contributed by atoms with Crippen molar-refractivity contribution in [1.82, 2.24) is 15.5 Å². The van der Waals surface area contributed by atoms with Crippen LogP contribution in [0.25, 0.3) is 0 Å². The Labute approximate surface area is 151 Å². The lowest BCUT2D eigenvalue weighted by Gasteiger charge is -2.22. The van der Waals surface area contributed by atoms with Crippen LogP contribution in [-0.2, 0) is 24.7 Å². The second-order valence-electron chi connectivity index (χ2n) is 6.24. The molecule has 0 radical (unpaired) electrons. The lowest BCUT2D eigenvalue weighted by molar-refractivity contribution is -0.156. The predicted molar refractivity (Wildman–Crippen MR) is 92.9 cm³/mol. The summed E-state index contributed by atoms with van der Waals surface area (Å²) in [6, 6.07) is 8.08. The van der Waals surface area contributed by atoms with Crippen LogP contribution in [0, 0.1) is 0 Å². The van der Waals surface area contributed by atoms with E-state index in [4.69, 9.17) is 4.74 Å². The zero-order valence-corrected chi connectivity index (χ0v) is 15.1. The Morgan fingerprint density at radius 3 is 2.54 bits per heavy atom. The minimum atomic E-state index is -1.25. The van der Waals surface area contributed by atoms with Crippen molar-refractivity contribution in [2.75, 3.05) is 13.1 Å². The van der Waals surface area contributed by atoms with Gasteiger partial charge in [-0.1, -0.05) is 37.3 Å². The standard InChI is InChI=1S/C18H23N3O5/c1-4-10-19-15(23)12(2)26-14(22)11-21-16(24)18(3,20-17(21)25)13-8-6-5-7-9-13/h5-9,12H,4,10-11H2,1-3H3,(H,19,23)(H,20,25)/t12-,18+/m1/s1. The number of benzene rings is 1. The minimum Gasteiger partial charge on any atom is -0.451 e. The van der Waals surface area contributed by atoms with E-state index in [-0.39, 0.29) is 0 Å². The number of carbonyl (C=O) groups excluding carboxylic acids is 4. The smallest absolute Gasteiger partial charge is 0.327 e. The van der Waals surface area contributed by atoms with E-state index in [2.05, 4.69) is 10.6 Å². The van der Waals surface area contributed by atoms with E-state index in [0.29, 0.717) is 12.1 Å². The third-order valence-electron chi connectivity index (χ3n) is 4.14. The first-order valence-electron chi connectivity index (χ1n) is 8.46. The third-order valence-corrected chi connectivity index (χ3v) is 4.14. The molecular formula is C18H23N3O5. The van der Waals surface area contributed by atoms with E-state index in [1.54, 1.807) is 37.3 Å². The first-order chi connectivity index (χ1) is 12.3. The molecule has 4 amide bonds. The average molecular weight is 361 g/mol. The van der Waals surface area contributed by atoms with Crippen molar-refractivity contribution >= 4 is 23.8 Å². The van der Waals surface area contributed by atoms with Crippen LogP contribution in [-0.4, -0.2) is 47.9 Å². The zero-order chi connectivity index (χ0) is 19.3. The number of hydrogen-bond donors (Lipinski definition) is 2. The van der Waals surface area contributed by atoms with E-state index in [1.165, 1.54) is 6.92 Å². The molecule has 1 aliphatic rings. The Balaban J connectivity index is 2.01. The van der Waals surface area contributed by atoms with Gasteiger partial charge >= 0.3 is 12.0 Å². The van der Waals surface area contributed by atoms with Crippen LogP contribution in [0.4, 0.5) is 4.79 Å². The van der Waals surface area contributed by atoms with Crippen LogP contribution in [0.15, 0.2) is 30.3 Å². The van der Waals surface area contributed by atoms with E-state index in [9.17, 15) is 19.2 Å². The van der Waals surface area contributed by atoms with Gasteiger partial charge in [0.1, 0.15) is 12.1 Å². The molecule has 0 aromatic heterocycles. The van der Waals surface area contributed by atoms with Crippen molar-refractivity contribution in [2.45, 2.75) is 38.8 Å². The fraction of sp³-hybridized carbons (Fsp3) is 0.444. The Hall–Kier alpha value is -2.90. The molecule has 140 valence electrons. The van der Waals surface area contributed by atoms with Gasteiger partial charge in [0.15, 0.2) is 6.10 Å².